The third-order valence-corrected chi connectivity index (χ3v) is 8.32. The summed E-state index contributed by atoms with van der Waals surface area (Å²) in [6.45, 7) is 3.08. The second kappa shape index (κ2) is 18.6. The average Bonchev–Trinajstić information content (AvgIpc) is 3.75. The third-order valence-electron chi connectivity index (χ3n) is 8.32. The minimum atomic E-state index is -1.22. The van der Waals surface area contributed by atoms with Gasteiger partial charge in [0, 0.05) is 44.6 Å². The van der Waals surface area contributed by atoms with Crippen molar-refractivity contribution in [2.75, 3.05) is 61.3 Å². The van der Waals surface area contributed by atoms with E-state index in [-0.39, 0.29) is 74.3 Å². The number of hydrogen-bond acceptors (Lipinski definition) is 16. The van der Waals surface area contributed by atoms with Gasteiger partial charge in [-0.1, -0.05) is 13.8 Å². The number of carbonyl (C=O) groups excluding carboxylic acids is 4. The zero-order valence-electron chi connectivity index (χ0n) is 30.0. The van der Waals surface area contributed by atoms with Crippen LogP contribution in [0.5, 0.6) is 23.0 Å². The summed E-state index contributed by atoms with van der Waals surface area (Å²) in [6.07, 6.45) is -2.23. The van der Waals surface area contributed by atoms with E-state index < -0.39 is 74.7 Å². The number of ether oxygens (including phenoxy) is 6. The molecule has 2 aliphatic heterocycles. The molecule has 2 amide bonds. The Bertz CT molecular complexity index is 1700. The van der Waals surface area contributed by atoms with Crippen molar-refractivity contribution < 1.29 is 67.7 Å². The minimum absolute atomic E-state index is 0.0216. The average molecular weight is 751 g/mol. The highest BCUT2D eigenvalue weighted by Gasteiger charge is 2.43. The molecule has 0 radical (unpaired) electrons. The second-order valence-electron chi connectivity index (χ2n) is 11.4. The molecular formula is C33H42N4O16. The highest BCUT2D eigenvalue weighted by atomic mass is 16.6. The van der Waals surface area contributed by atoms with Crippen LogP contribution in [0.25, 0.3) is 0 Å². The fourth-order valence-electron chi connectivity index (χ4n) is 5.77. The van der Waals surface area contributed by atoms with Crippen molar-refractivity contribution in [2.24, 2.45) is 5.92 Å². The molecule has 2 aromatic carbocycles. The van der Waals surface area contributed by atoms with Gasteiger partial charge in [0.15, 0.2) is 23.0 Å². The quantitative estimate of drug-likeness (QED) is 0.121. The molecule has 2 N–H and O–H groups in total. The Morgan fingerprint density at radius 2 is 1.23 bits per heavy atom. The minimum Gasteiger partial charge on any atom is -0.493 e. The molecule has 2 heterocycles. The van der Waals surface area contributed by atoms with Crippen molar-refractivity contribution in [3.63, 3.8) is 0 Å². The van der Waals surface area contributed by atoms with E-state index in [0.717, 1.165) is 48.3 Å². The molecule has 20 nitrogen and oxygen atoms in total. The second-order valence-corrected chi connectivity index (χ2v) is 11.4. The number of aliphatic hydroxyl groups is 2. The maximum absolute atomic E-state index is 13.4. The van der Waals surface area contributed by atoms with Crippen LogP contribution in [0.15, 0.2) is 24.3 Å². The maximum Gasteiger partial charge on any atom is 0.328 e. The number of amides is 2. The summed E-state index contributed by atoms with van der Waals surface area (Å²) in [5.41, 5.74) is -2.03. The zero-order chi connectivity index (χ0) is 39.6. The summed E-state index contributed by atoms with van der Waals surface area (Å²) >= 11 is 0. The van der Waals surface area contributed by atoms with E-state index in [2.05, 4.69) is 4.74 Å². The zero-order valence-corrected chi connectivity index (χ0v) is 30.0. The SMILES string of the molecule is CC.COC(=O)C1CN(C(=O)c2cc(OC)c(OCCCOc3cc([N+](=O)[O-])c(C(=O)N4CC(O)C[C@H]4C(=O)OC)cc3OC)cc2[N+](=O)[O-])C[C@@H]1O. The van der Waals surface area contributed by atoms with Gasteiger partial charge in [0.2, 0.25) is 0 Å². The number of β-amino-alcohol motifs (C(OH)–C–C–N with tert-alkyl or cyclic N) is 2. The van der Waals surface area contributed by atoms with Crippen LogP contribution in [0.1, 0.15) is 47.4 Å². The number of nitro benzene ring substituents is 2. The number of nitrogens with zero attached hydrogens (tertiary/aromatic N) is 4. The molecule has 0 aliphatic carbocycles. The Labute approximate surface area is 303 Å². The van der Waals surface area contributed by atoms with Gasteiger partial charge in [0.05, 0.1) is 75.8 Å². The number of nitro groups is 2. The number of aliphatic hydroxyl groups excluding tert-OH is 2. The van der Waals surface area contributed by atoms with Crippen LogP contribution in [0, 0.1) is 26.1 Å². The van der Waals surface area contributed by atoms with Gasteiger partial charge in [-0.3, -0.25) is 34.6 Å². The van der Waals surface area contributed by atoms with Gasteiger partial charge in [-0.05, 0) is 0 Å². The predicted octanol–water partition coefficient (Wildman–Crippen LogP) is 1.75. The first-order valence-electron chi connectivity index (χ1n) is 16.4. The molecule has 4 atom stereocenters. The van der Waals surface area contributed by atoms with Crippen LogP contribution >= 0.6 is 0 Å². The maximum atomic E-state index is 13.4. The Morgan fingerprint density at radius 1 is 0.736 bits per heavy atom. The summed E-state index contributed by atoms with van der Waals surface area (Å²) in [5, 5.41) is 44.2. The molecule has 4 rings (SSSR count). The van der Waals surface area contributed by atoms with Crippen molar-refractivity contribution in [1.82, 2.24) is 9.80 Å². The number of likely N-dealkylation sites (tertiary alicyclic amines) is 2. The van der Waals surface area contributed by atoms with Gasteiger partial charge in [0.25, 0.3) is 23.2 Å². The molecule has 0 spiro atoms. The van der Waals surface area contributed by atoms with Gasteiger partial charge in [-0.15, -0.1) is 0 Å². The van der Waals surface area contributed by atoms with Crippen LogP contribution in [0.3, 0.4) is 0 Å². The number of methoxy groups -OCH3 is 4. The van der Waals surface area contributed by atoms with E-state index in [0.29, 0.717) is 0 Å². The lowest BCUT2D eigenvalue weighted by Crippen LogP contribution is -2.41. The lowest BCUT2D eigenvalue weighted by molar-refractivity contribution is -0.385. The molecule has 0 bridgehead atoms. The van der Waals surface area contributed by atoms with E-state index in [9.17, 15) is 49.6 Å². The molecule has 290 valence electrons. The van der Waals surface area contributed by atoms with Gasteiger partial charge in [-0.2, -0.15) is 0 Å². The number of carbonyl (C=O) groups is 4. The van der Waals surface area contributed by atoms with Crippen molar-refractivity contribution in [3.8, 4) is 23.0 Å². The van der Waals surface area contributed by atoms with Crippen LogP contribution in [-0.2, 0) is 19.1 Å². The Hall–Kier alpha value is -5.76. The number of rotatable bonds is 14. The summed E-state index contributed by atoms with van der Waals surface area (Å²) in [5.74, 6) is -4.48. The monoisotopic (exact) mass is 750 g/mol. The normalized spacial score (nSPS) is 19.0. The number of benzene rings is 2. The molecule has 2 saturated heterocycles. The van der Waals surface area contributed by atoms with Crippen LogP contribution < -0.4 is 18.9 Å². The van der Waals surface area contributed by atoms with Gasteiger partial charge >= 0.3 is 11.9 Å². The van der Waals surface area contributed by atoms with Gasteiger partial charge < -0.3 is 48.4 Å². The molecular weight excluding hydrogens is 708 g/mol. The molecule has 2 unspecified atom stereocenters. The predicted molar refractivity (Wildman–Crippen MR) is 181 cm³/mol. The molecule has 2 aromatic rings. The summed E-state index contributed by atoms with van der Waals surface area (Å²) in [6, 6.07) is 3.06. The Morgan fingerprint density at radius 3 is 1.68 bits per heavy atom. The van der Waals surface area contributed by atoms with Crippen molar-refractivity contribution in [3.05, 3.63) is 55.6 Å². The number of esters is 2. The van der Waals surface area contributed by atoms with Gasteiger partial charge in [0.1, 0.15) is 23.1 Å². The van der Waals surface area contributed by atoms with E-state index >= 15 is 0 Å². The molecule has 53 heavy (non-hydrogen) atoms. The first kappa shape index (κ1) is 41.7. The summed E-state index contributed by atoms with van der Waals surface area (Å²) in [7, 11) is 4.76. The lowest BCUT2D eigenvalue weighted by Gasteiger charge is -2.22. The topological polar surface area (TPSA) is 257 Å². The molecule has 2 fully saturated rings. The smallest absolute Gasteiger partial charge is 0.328 e. The largest absolute Gasteiger partial charge is 0.493 e. The van der Waals surface area contributed by atoms with E-state index in [1.165, 1.54) is 14.2 Å². The van der Waals surface area contributed by atoms with Crippen LogP contribution in [0.2, 0.25) is 0 Å². The number of hydrogen-bond donors (Lipinski definition) is 2. The van der Waals surface area contributed by atoms with Crippen LogP contribution in [-0.4, -0.2) is 133 Å². The van der Waals surface area contributed by atoms with E-state index in [1.54, 1.807) is 0 Å². The fourth-order valence-corrected chi connectivity index (χ4v) is 5.77. The first-order valence-corrected chi connectivity index (χ1v) is 16.4. The first-order chi connectivity index (χ1) is 25.3. The summed E-state index contributed by atoms with van der Waals surface area (Å²) in [4.78, 5) is 75.1. The van der Waals surface area contributed by atoms with Crippen molar-refractivity contribution >= 4 is 35.1 Å². The Balaban J connectivity index is 0.00000372. The van der Waals surface area contributed by atoms with E-state index in [4.69, 9.17) is 23.7 Å². The third kappa shape index (κ3) is 9.38. The molecule has 0 aromatic heterocycles. The summed E-state index contributed by atoms with van der Waals surface area (Å²) < 4.78 is 31.3. The Kier molecular flexibility index (Phi) is 14.7. The standard InChI is InChI=1S/C31H36N4O16.C2H6/c1-46-24-9-17(28(38)32-14-19(23(37)15-32)30(40)48-3)20(34(42)43)11-26(24)50-6-5-7-51-27-12-21(35(44)45)18(10-25(27)47-2)29(39)33-13-16(36)8-22(33)31(41)49-4;1-2/h9-12,16,19,22-23,36-37H,5-8,13-15H2,1-4H3;1-2H3/t16?,19?,22-,23-;/m0./s1. The molecule has 20 heteroatoms. The van der Waals surface area contributed by atoms with Crippen molar-refractivity contribution in [2.45, 2.75) is 44.9 Å². The highest BCUT2D eigenvalue weighted by Crippen LogP contribution is 2.38. The fraction of sp³-hybridized carbons (Fsp3) is 0.515. The molecule has 0 saturated carbocycles. The van der Waals surface area contributed by atoms with Crippen molar-refractivity contribution in [1.29, 1.82) is 0 Å². The van der Waals surface area contributed by atoms with E-state index in [1.807, 2.05) is 13.8 Å². The molecule has 2 aliphatic rings. The lowest BCUT2D eigenvalue weighted by atomic mass is 10.1. The highest BCUT2D eigenvalue weighted by molar-refractivity contribution is 6.01. The van der Waals surface area contributed by atoms with Gasteiger partial charge in [-0.25, -0.2) is 4.79 Å². The van der Waals surface area contributed by atoms with Crippen LogP contribution in [0.4, 0.5) is 11.4 Å².